The van der Waals surface area contributed by atoms with Gasteiger partial charge in [-0.2, -0.15) is 0 Å². The predicted molar refractivity (Wildman–Crippen MR) is 83.8 cm³/mol. The van der Waals surface area contributed by atoms with Gasteiger partial charge in [-0.25, -0.2) is 0 Å². The topological polar surface area (TPSA) is 30.5 Å². The van der Waals surface area contributed by atoms with E-state index in [0.29, 0.717) is 5.92 Å². The van der Waals surface area contributed by atoms with Gasteiger partial charge in [0.05, 0.1) is 13.7 Å². The van der Waals surface area contributed by atoms with Gasteiger partial charge in [0.25, 0.3) is 0 Å². The molecule has 1 atom stereocenters. The van der Waals surface area contributed by atoms with E-state index in [4.69, 9.17) is 9.47 Å². The third kappa shape index (κ3) is 3.12. The van der Waals surface area contributed by atoms with Crippen LogP contribution in [0.1, 0.15) is 37.2 Å². The second-order valence-electron chi connectivity index (χ2n) is 5.79. The summed E-state index contributed by atoms with van der Waals surface area (Å²) in [6, 6.07) is 4.07. The standard InChI is InChI=1S/C16H22BrNO2/c1-19-14-7-6-13(17)15(12-3-2-8-18-9-12)16(14)20-10-11-4-5-11/h6-7,11-12,18H,2-5,8-10H2,1H3. The zero-order valence-corrected chi connectivity index (χ0v) is 13.5. The number of hydrogen-bond acceptors (Lipinski definition) is 3. The van der Waals surface area contributed by atoms with Gasteiger partial charge in [0, 0.05) is 22.5 Å². The summed E-state index contributed by atoms with van der Waals surface area (Å²) in [6.07, 6.45) is 5.03. The van der Waals surface area contributed by atoms with E-state index in [1.165, 1.54) is 31.2 Å². The highest BCUT2D eigenvalue weighted by Gasteiger charge is 2.27. The Balaban J connectivity index is 1.90. The van der Waals surface area contributed by atoms with E-state index in [-0.39, 0.29) is 0 Å². The molecule has 0 radical (unpaired) electrons. The lowest BCUT2D eigenvalue weighted by Crippen LogP contribution is -2.29. The monoisotopic (exact) mass is 339 g/mol. The van der Waals surface area contributed by atoms with Crippen LogP contribution in [0.15, 0.2) is 16.6 Å². The quantitative estimate of drug-likeness (QED) is 0.886. The van der Waals surface area contributed by atoms with Crippen molar-refractivity contribution < 1.29 is 9.47 Å². The van der Waals surface area contributed by atoms with E-state index in [9.17, 15) is 0 Å². The van der Waals surface area contributed by atoms with Gasteiger partial charge in [0.15, 0.2) is 11.5 Å². The Morgan fingerprint density at radius 3 is 2.80 bits per heavy atom. The average molecular weight is 340 g/mol. The minimum atomic E-state index is 0.502. The molecule has 110 valence electrons. The van der Waals surface area contributed by atoms with Crippen molar-refractivity contribution in [3.05, 3.63) is 22.2 Å². The van der Waals surface area contributed by atoms with Crippen molar-refractivity contribution >= 4 is 15.9 Å². The van der Waals surface area contributed by atoms with Crippen LogP contribution in [0.25, 0.3) is 0 Å². The molecular formula is C16H22BrNO2. The average Bonchev–Trinajstić information content (AvgIpc) is 3.30. The summed E-state index contributed by atoms with van der Waals surface area (Å²) in [6.45, 7) is 2.96. The van der Waals surface area contributed by atoms with Crippen molar-refractivity contribution in [1.82, 2.24) is 5.32 Å². The van der Waals surface area contributed by atoms with Crippen LogP contribution in [0, 0.1) is 5.92 Å². The highest BCUT2D eigenvalue weighted by Crippen LogP contribution is 2.43. The van der Waals surface area contributed by atoms with Crippen LogP contribution in [0.4, 0.5) is 0 Å². The largest absolute Gasteiger partial charge is 0.493 e. The Morgan fingerprint density at radius 2 is 2.15 bits per heavy atom. The van der Waals surface area contributed by atoms with E-state index < -0.39 is 0 Å². The fourth-order valence-electron chi connectivity index (χ4n) is 2.83. The maximum atomic E-state index is 6.13. The molecule has 1 unspecified atom stereocenters. The van der Waals surface area contributed by atoms with Gasteiger partial charge in [0.1, 0.15) is 0 Å². The van der Waals surface area contributed by atoms with Gasteiger partial charge < -0.3 is 14.8 Å². The maximum Gasteiger partial charge on any atom is 0.165 e. The summed E-state index contributed by atoms with van der Waals surface area (Å²) < 4.78 is 12.8. The summed E-state index contributed by atoms with van der Waals surface area (Å²) in [5, 5.41) is 3.49. The Hall–Kier alpha value is -0.740. The summed E-state index contributed by atoms with van der Waals surface area (Å²) >= 11 is 3.71. The van der Waals surface area contributed by atoms with E-state index >= 15 is 0 Å². The summed E-state index contributed by atoms with van der Waals surface area (Å²) in [5.41, 5.74) is 1.28. The van der Waals surface area contributed by atoms with E-state index in [2.05, 4.69) is 27.3 Å². The van der Waals surface area contributed by atoms with Crippen LogP contribution in [-0.2, 0) is 0 Å². The molecule has 1 saturated carbocycles. The first kappa shape index (κ1) is 14.2. The van der Waals surface area contributed by atoms with Crippen molar-refractivity contribution in [2.75, 3.05) is 26.8 Å². The summed E-state index contributed by atoms with van der Waals surface area (Å²) in [4.78, 5) is 0. The Kier molecular flexibility index (Phi) is 4.51. The van der Waals surface area contributed by atoms with Gasteiger partial charge in [-0.05, 0) is 50.3 Å². The molecule has 0 bridgehead atoms. The number of nitrogens with one attached hydrogen (secondary N) is 1. The van der Waals surface area contributed by atoms with Crippen molar-refractivity contribution in [1.29, 1.82) is 0 Å². The van der Waals surface area contributed by atoms with Gasteiger partial charge in [-0.3, -0.25) is 0 Å². The number of halogens is 1. The predicted octanol–water partition coefficient (Wildman–Crippen LogP) is 3.71. The lowest BCUT2D eigenvalue weighted by atomic mass is 9.90. The van der Waals surface area contributed by atoms with Crippen molar-refractivity contribution in [3.8, 4) is 11.5 Å². The highest BCUT2D eigenvalue weighted by atomic mass is 79.9. The molecule has 3 rings (SSSR count). The van der Waals surface area contributed by atoms with Crippen LogP contribution in [0.3, 0.4) is 0 Å². The van der Waals surface area contributed by atoms with E-state index in [1.807, 2.05) is 6.07 Å². The number of piperidine rings is 1. The summed E-state index contributed by atoms with van der Waals surface area (Å²) in [7, 11) is 1.72. The lowest BCUT2D eigenvalue weighted by molar-refractivity contribution is 0.273. The fraction of sp³-hybridized carbons (Fsp3) is 0.625. The molecule has 4 heteroatoms. The maximum absolute atomic E-state index is 6.13. The molecular weight excluding hydrogens is 318 g/mol. The smallest absolute Gasteiger partial charge is 0.165 e. The zero-order valence-electron chi connectivity index (χ0n) is 12.0. The lowest BCUT2D eigenvalue weighted by Gasteiger charge is -2.27. The minimum Gasteiger partial charge on any atom is -0.493 e. The fourth-order valence-corrected chi connectivity index (χ4v) is 3.47. The first-order valence-corrected chi connectivity index (χ1v) is 8.28. The number of ether oxygens (including phenoxy) is 2. The number of hydrogen-bond donors (Lipinski definition) is 1. The van der Waals surface area contributed by atoms with Crippen LogP contribution in [-0.4, -0.2) is 26.8 Å². The second kappa shape index (κ2) is 6.35. The molecule has 1 heterocycles. The Labute approximate surface area is 129 Å². The molecule has 1 aliphatic heterocycles. The van der Waals surface area contributed by atoms with Crippen LogP contribution in [0.5, 0.6) is 11.5 Å². The number of benzene rings is 1. The second-order valence-corrected chi connectivity index (χ2v) is 6.64. The van der Waals surface area contributed by atoms with Gasteiger partial charge in [0.2, 0.25) is 0 Å². The van der Waals surface area contributed by atoms with Gasteiger partial charge in [-0.15, -0.1) is 0 Å². The van der Waals surface area contributed by atoms with Crippen LogP contribution < -0.4 is 14.8 Å². The summed E-state index contributed by atoms with van der Waals surface area (Å²) in [5.74, 6) is 3.05. The molecule has 0 spiro atoms. The SMILES string of the molecule is COc1ccc(Br)c(C2CCCNC2)c1OCC1CC1. The van der Waals surface area contributed by atoms with Crippen LogP contribution in [0.2, 0.25) is 0 Å². The van der Waals surface area contributed by atoms with Crippen molar-refractivity contribution in [2.24, 2.45) is 5.92 Å². The molecule has 1 N–H and O–H groups in total. The normalized spacial score (nSPS) is 22.6. The van der Waals surface area contributed by atoms with Crippen molar-refractivity contribution in [3.63, 3.8) is 0 Å². The molecule has 20 heavy (non-hydrogen) atoms. The third-order valence-corrected chi connectivity index (χ3v) is 4.88. The first-order valence-electron chi connectivity index (χ1n) is 7.49. The Morgan fingerprint density at radius 1 is 1.30 bits per heavy atom. The third-order valence-electron chi connectivity index (χ3n) is 4.19. The molecule has 0 aromatic heterocycles. The molecule has 2 aliphatic rings. The molecule has 3 nitrogen and oxygen atoms in total. The molecule has 1 aromatic carbocycles. The zero-order chi connectivity index (χ0) is 13.9. The van der Waals surface area contributed by atoms with E-state index in [1.54, 1.807) is 7.11 Å². The highest BCUT2D eigenvalue weighted by molar-refractivity contribution is 9.10. The van der Waals surface area contributed by atoms with Gasteiger partial charge >= 0.3 is 0 Å². The molecule has 0 amide bonds. The minimum absolute atomic E-state index is 0.502. The molecule has 1 aliphatic carbocycles. The molecule has 1 aromatic rings. The van der Waals surface area contributed by atoms with E-state index in [0.717, 1.165) is 41.6 Å². The van der Waals surface area contributed by atoms with Crippen LogP contribution >= 0.6 is 15.9 Å². The molecule has 1 saturated heterocycles. The van der Waals surface area contributed by atoms with Gasteiger partial charge in [-0.1, -0.05) is 15.9 Å². The van der Waals surface area contributed by atoms with Crippen molar-refractivity contribution in [2.45, 2.75) is 31.6 Å². The number of methoxy groups -OCH3 is 1. The Bertz CT molecular complexity index is 468. The first-order chi connectivity index (χ1) is 9.79. The number of rotatable bonds is 5. The molecule has 2 fully saturated rings.